The molecule has 0 aliphatic carbocycles. The van der Waals surface area contributed by atoms with Gasteiger partial charge in [0.15, 0.2) is 17.5 Å². The highest BCUT2D eigenvalue weighted by Gasteiger charge is 2.22. The van der Waals surface area contributed by atoms with E-state index < -0.39 is 0 Å². The zero-order valence-corrected chi connectivity index (χ0v) is 28.6. The van der Waals surface area contributed by atoms with Gasteiger partial charge in [-0.3, -0.25) is 0 Å². The van der Waals surface area contributed by atoms with Crippen LogP contribution in [0.4, 0.5) is 0 Å². The minimum atomic E-state index is 0.636. The molecule has 4 nitrogen and oxygen atoms in total. The van der Waals surface area contributed by atoms with Gasteiger partial charge >= 0.3 is 0 Å². The van der Waals surface area contributed by atoms with Crippen LogP contribution < -0.4 is 0 Å². The minimum Gasteiger partial charge on any atom is -0.309 e. The fourth-order valence-electron chi connectivity index (χ4n) is 8.18. The predicted molar refractivity (Wildman–Crippen MR) is 220 cm³/mol. The number of nitrogens with zero attached hydrogens (tertiary/aromatic N) is 4. The molecule has 0 amide bonds. The van der Waals surface area contributed by atoms with E-state index in [2.05, 4.69) is 126 Å². The first-order valence-electron chi connectivity index (χ1n) is 18.0. The van der Waals surface area contributed by atoms with Gasteiger partial charge in [0.05, 0.1) is 11.0 Å². The molecule has 2 aromatic heterocycles. The molecule has 0 aliphatic rings. The average Bonchev–Trinajstić information content (AvgIpc) is 3.57. The number of rotatable bonds is 5. The van der Waals surface area contributed by atoms with Crippen LogP contribution in [0.2, 0.25) is 0 Å². The molecular formula is C49H30N4. The number of aromatic nitrogens is 4. The zero-order chi connectivity index (χ0) is 34.9. The summed E-state index contributed by atoms with van der Waals surface area (Å²) in [4.78, 5) is 15.0. The lowest BCUT2D eigenvalue weighted by molar-refractivity contribution is 1.07. The van der Waals surface area contributed by atoms with E-state index in [9.17, 15) is 0 Å². The molecule has 0 bridgehead atoms. The fraction of sp³-hybridized carbons (Fsp3) is 0. The standard InChI is InChI=1S/C49H30N4/c1-4-14-31(15-5-1)34-26-27-35-30-43-46-44(41(35)29-34)39-23-11-10-22-38(39)40-24-13-25-42(45(40)46)53(43)37-21-12-20-36(28-37)49-51-47(32-16-6-2-7-17-32)50-48(52-49)33-18-8-3-9-19-33/h1-30H. The molecule has 0 N–H and O–H groups in total. The SMILES string of the molecule is c1ccc(-c2ccc3cc4c5c(c3c2)c2ccccc2c2cccc(c25)n4-c2cccc(-c3nc(-c4ccccc4)nc(-c4ccccc4)n3)c2)cc1. The fourth-order valence-corrected chi connectivity index (χ4v) is 8.18. The third kappa shape index (κ3) is 4.66. The van der Waals surface area contributed by atoms with Crippen LogP contribution in [0.3, 0.4) is 0 Å². The Balaban J connectivity index is 1.19. The normalized spacial score (nSPS) is 11.8. The first-order valence-corrected chi connectivity index (χ1v) is 18.0. The molecule has 11 rings (SSSR count). The van der Waals surface area contributed by atoms with Crippen molar-refractivity contribution in [3.8, 4) is 51.0 Å². The maximum absolute atomic E-state index is 5.05. The molecule has 0 fully saturated rings. The van der Waals surface area contributed by atoms with E-state index in [0.717, 1.165) is 22.4 Å². The van der Waals surface area contributed by atoms with E-state index in [4.69, 9.17) is 15.0 Å². The molecule has 11 aromatic rings. The summed E-state index contributed by atoms with van der Waals surface area (Å²) < 4.78 is 2.43. The van der Waals surface area contributed by atoms with Gasteiger partial charge in [0.2, 0.25) is 0 Å². The molecule has 4 heteroatoms. The summed E-state index contributed by atoms with van der Waals surface area (Å²) in [5.74, 6) is 1.93. The van der Waals surface area contributed by atoms with Crippen LogP contribution in [-0.4, -0.2) is 19.5 Å². The Labute approximate surface area is 305 Å². The quantitative estimate of drug-likeness (QED) is 0.171. The van der Waals surface area contributed by atoms with Crippen LogP contribution in [0, 0.1) is 0 Å². The van der Waals surface area contributed by atoms with Gasteiger partial charge < -0.3 is 4.57 Å². The van der Waals surface area contributed by atoms with Crippen molar-refractivity contribution in [2.24, 2.45) is 0 Å². The van der Waals surface area contributed by atoms with Crippen LogP contribution in [0.15, 0.2) is 182 Å². The molecule has 0 saturated carbocycles. The highest BCUT2D eigenvalue weighted by molar-refractivity contribution is 6.39. The minimum absolute atomic E-state index is 0.636. The van der Waals surface area contributed by atoms with Crippen LogP contribution in [0.25, 0.3) is 105 Å². The van der Waals surface area contributed by atoms with Crippen molar-refractivity contribution in [3.63, 3.8) is 0 Å². The van der Waals surface area contributed by atoms with Crippen molar-refractivity contribution in [2.75, 3.05) is 0 Å². The monoisotopic (exact) mass is 674 g/mol. The van der Waals surface area contributed by atoms with Gasteiger partial charge in [0.1, 0.15) is 0 Å². The summed E-state index contributed by atoms with van der Waals surface area (Å²) in [6.45, 7) is 0. The molecule has 9 aromatic carbocycles. The van der Waals surface area contributed by atoms with E-state index in [1.807, 2.05) is 60.7 Å². The van der Waals surface area contributed by atoms with Crippen molar-refractivity contribution in [1.82, 2.24) is 19.5 Å². The van der Waals surface area contributed by atoms with E-state index >= 15 is 0 Å². The van der Waals surface area contributed by atoms with Gasteiger partial charge in [0.25, 0.3) is 0 Å². The maximum atomic E-state index is 5.05. The number of hydrogen-bond donors (Lipinski definition) is 0. The molecule has 0 atom stereocenters. The molecule has 0 saturated heterocycles. The number of benzene rings is 9. The molecule has 246 valence electrons. The maximum Gasteiger partial charge on any atom is 0.164 e. The van der Waals surface area contributed by atoms with E-state index in [1.165, 1.54) is 65.3 Å². The van der Waals surface area contributed by atoms with Crippen LogP contribution in [-0.2, 0) is 0 Å². The third-order valence-corrected chi connectivity index (χ3v) is 10.6. The summed E-state index contributed by atoms with van der Waals surface area (Å²) in [5.41, 5.74) is 8.68. The summed E-state index contributed by atoms with van der Waals surface area (Å²) in [5, 5.41) is 10.1. The largest absolute Gasteiger partial charge is 0.309 e. The lowest BCUT2D eigenvalue weighted by Gasteiger charge is -2.13. The molecule has 0 spiro atoms. The topological polar surface area (TPSA) is 43.6 Å². The van der Waals surface area contributed by atoms with Crippen LogP contribution in [0.1, 0.15) is 0 Å². The Bertz CT molecular complexity index is 3090. The van der Waals surface area contributed by atoms with E-state index in [0.29, 0.717) is 17.5 Å². The molecule has 0 unspecified atom stereocenters. The summed E-state index contributed by atoms with van der Waals surface area (Å²) in [7, 11) is 0. The molecular weight excluding hydrogens is 645 g/mol. The van der Waals surface area contributed by atoms with Gasteiger partial charge in [0, 0.05) is 38.5 Å². The Morgan fingerprint density at radius 2 is 0.849 bits per heavy atom. The van der Waals surface area contributed by atoms with Gasteiger partial charge in [-0.1, -0.05) is 152 Å². The third-order valence-electron chi connectivity index (χ3n) is 10.6. The zero-order valence-electron chi connectivity index (χ0n) is 28.6. The van der Waals surface area contributed by atoms with Gasteiger partial charge in [-0.05, 0) is 68.4 Å². The first kappa shape index (κ1) is 29.5. The van der Waals surface area contributed by atoms with Crippen molar-refractivity contribution < 1.29 is 0 Å². The van der Waals surface area contributed by atoms with Crippen molar-refractivity contribution >= 4 is 54.1 Å². The van der Waals surface area contributed by atoms with Gasteiger partial charge in [-0.2, -0.15) is 0 Å². The summed E-state index contributed by atoms with van der Waals surface area (Å²) in [6, 6.07) is 64.5. The van der Waals surface area contributed by atoms with Crippen molar-refractivity contribution in [2.45, 2.75) is 0 Å². The Morgan fingerprint density at radius 3 is 1.55 bits per heavy atom. The van der Waals surface area contributed by atoms with Crippen molar-refractivity contribution in [3.05, 3.63) is 182 Å². The summed E-state index contributed by atoms with van der Waals surface area (Å²) >= 11 is 0. The number of fused-ring (bicyclic) bond motifs is 5. The molecule has 0 aliphatic heterocycles. The van der Waals surface area contributed by atoms with E-state index in [-0.39, 0.29) is 0 Å². The Kier molecular flexibility index (Phi) is 6.52. The summed E-state index contributed by atoms with van der Waals surface area (Å²) in [6.07, 6.45) is 0. The Hall–Kier alpha value is -7.17. The lowest BCUT2D eigenvalue weighted by atomic mass is 9.90. The molecule has 53 heavy (non-hydrogen) atoms. The van der Waals surface area contributed by atoms with Crippen LogP contribution >= 0.6 is 0 Å². The second kappa shape index (κ2) is 11.7. The Morgan fingerprint density at radius 1 is 0.302 bits per heavy atom. The predicted octanol–water partition coefficient (Wildman–Crippen LogP) is 12.5. The second-order valence-corrected chi connectivity index (χ2v) is 13.6. The van der Waals surface area contributed by atoms with Gasteiger partial charge in [-0.15, -0.1) is 0 Å². The smallest absolute Gasteiger partial charge is 0.164 e. The average molecular weight is 675 g/mol. The number of hydrogen-bond acceptors (Lipinski definition) is 3. The van der Waals surface area contributed by atoms with Crippen molar-refractivity contribution in [1.29, 1.82) is 0 Å². The van der Waals surface area contributed by atoms with Gasteiger partial charge in [-0.25, -0.2) is 15.0 Å². The van der Waals surface area contributed by atoms with E-state index in [1.54, 1.807) is 0 Å². The highest BCUT2D eigenvalue weighted by Crippen LogP contribution is 2.47. The molecule has 0 radical (unpaired) electrons. The highest BCUT2D eigenvalue weighted by atomic mass is 15.0. The lowest BCUT2D eigenvalue weighted by Crippen LogP contribution is -2.01. The molecule has 2 heterocycles. The first-order chi connectivity index (χ1) is 26.3. The van der Waals surface area contributed by atoms with Crippen LogP contribution in [0.5, 0.6) is 0 Å². The second-order valence-electron chi connectivity index (χ2n) is 13.6.